The van der Waals surface area contributed by atoms with Gasteiger partial charge in [-0.1, -0.05) is 0 Å². The van der Waals surface area contributed by atoms with E-state index in [2.05, 4.69) is 20.3 Å². The molecule has 0 aliphatic carbocycles. The predicted octanol–water partition coefficient (Wildman–Crippen LogP) is 3.72. The normalized spacial score (nSPS) is 10.9. The van der Waals surface area contributed by atoms with Gasteiger partial charge in [-0.15, -0.1) is 11.3 Å². The standard InChI is InChI=1S/C20H19N5O2S/c1-14-22-16(12-27-14)4-5-17-13-28-20(23-17)24-19(26)18-3-2-10-25(18)11-15-6-8-21-9-7-15/h2-3,6-10,12-13H,4-5,11H2,1H3,(H,23,24,26). The van der Waals surface area contributed by atoms with Crippen LogP contribution in [0.3, 0.4) is 0 Å². The highest BCUT2D eigenvalue weighted by Gasteiger charge is 2.13. The van der Waals surface area contributed by atoms with Gasteiger partial charge in [-0.05, 0) is 42.7 Å². The second-order valence-electron chi connectivity index (χ2n) is 6.33. The van der Waals surface area contributed by atoms with Gasteiger partial charge in [-0.2, -0.15) is 0 Å². The first-order valence-electron chi connectivity index (χ1n) is 8.88. The molecule has 4 rings (SSSR count). The Labute approximate surface area is 166 Å². The number of thiazole rings is 1. The Hall–Kier alpha value is -3.26. The lowest BCUT2D eigenvalue weighted by Crippen LogP contribution is -2.17. The Bertz CT molecular complexity index is 1070. The van der Waals surface area contributed by atoms with Crippen molar-refractivity contribution in [2.45, 2.75) is 26.3 Å². The molecule has 0 bridgehead atoms. The quantitative estimate of drug-likeness (QED) is 0.517. The number of amides is 1. The molecule has 0 aromatic carbocycles. The number of aryl methyl sites for hydroxylation is 3. The number of anilines is 1. The monoisotopic (exact) mass is 393 g/mol. The van der Waals surface area contributed by atoms with Crippen molar-refractivity contribution in [2.24, 2.45) is 0 Å². The molecule has 0 aliphatic heterocycles. The lowest BCUT2D eigenvalue weighted by atomic mass is 10.2. The summed E-state index contributed by atoms with van der Waals surface area (Å²) in [4.78, 5) is 25.5. The number of nitrogens with zero attached hydrogens (tertiary/aromatic N) is 4. The SMILES string of the molecule is Cc1nc(CCc2csc(NC(=O)c3cccn3Cc3ccncc3)n2)co1. The maximum Gasteiger partial charge on any atom is 0.274 e. The number of hydrogen-bond acceptors (Lipinski definition) is 6. The van der Waals surface area contributed by atoms with Crippen LogP contribution in [0.2, 0.25) is 0 Å². The summed E-state index contributed by atoms with van der Waals surface area (Å²) in [7, 11) is 0. The average Bonchev–Trinajstić information content (AvgIpc) is 3.42. The van der Waals surface area contributed by atoms with E-state index in [0.29, 0.717) is 23.3 Å². The van der Waals surface area contributed by atoms with Crippen LogP contribution < -0.4 is 5.32 Å². The average molecular weight is 393 g/mol. The topological polar surface area (TPSA) is 85.8 Å². The van der Waals surface area contributed by atoms with Gasteiger partial charge < -0.3 is 8.98 Å². The smallest absolute Gasteiger partial charge is 0.274 e. The molecule has 142 valence electrons. The molecule has 0 saturated carbocycles. The van der Waals surface area contributed by atoms with Gasteiger partial charge in [-0.3, -0.25) is 15.1 Å². The van der Waals surface area contributed by atoms with Crippen LogP contribution in [0, 0.1) is 6.92 Å². The fourth-order valence-electron chi connectivity index (χ4n) is 2.86. The van der Waals surface area contributed by atoms with Crippen molar-refractivity contribution >= 4 is 22.4 Å². The van der Waals surface area contributed by atoms with E-state index in [1.165, 1.54) is 11.3 Å². The summed E-state index contributed by atoms with van der Waals surface area (Å²) in [5, 5.41) is 5.44. The van der Waals surface area contributed by atoms with E-state index in [0.717, 1.165) is 29.8 Å². The minimum atomic E-state index is -0.174. The van der Waals surface area contributed by atoms with Crippen LogP contribution in [0.25, 0.3) is 0 Å². The molecule has 8 heteroatoms. The molecule has 0 aliphatic rings. The lowest BCUT2D eigenvalue weighted by molar-refractivity contribution is 0.101. The maximum atomic E-state index is 12.7. The van der Waals surface area contributed by atoms with E-state index in [-0.39, 0.29) is 5.91 Å². The molecule has 0 fully saturated rings. The summed E-state index contributed by atoms with van der Waals surface area (Å²) in [6, 6.07) is 7.54. The molecule has 7 nitrogen and oxygen atoms in total. The van der Waals surface area contributed by atoms with Gasteiger partial charge in [0.15, 0.2) is 11.0 Å². The number of carbonyl (C=O) groups is 1. The third-order valence-electron chi connectivity index (χ3n) is 4.24. The fraction of sp³-hybridized carbons (Fsp3) is 0.200. The Morgan fingerprint density at radius 1 is 1.18 bits per heavy atom. The molecule has 4 aromatic rings. The molecular formula is C20H19N5O2S. The van der Waals surface area contributed by atoms with Crippen LogP contribution in [0.5, 0.6) is 0 Å². The van der Waals surface area contributed by atoms with Gasteiger partial charge in [0.2, 0.25) is 0 Å². The largest absolute Gasteiger partial charge is 0.449 e. The highest BCUT2D eigenvalue weighted by atomic mass is 32.1. The van der Waals surface area contributed by atoms with Gasteiger partial charge >= 0.3 is 0 Å². The number of nitrogens with one attached hydrogen (secondary N) is 1. The van der Waals surface area contributed by atoms with Gasteiger partial charge in [-0.25, -0.2) is 9.97 Å². The molecule has 1 amide bonds. The summed E-state index contributed by atoms with van der Waals surface area (Å²) >= 11 is 1.42. The van der Waals surface area contributed by atoms with Crippen molar-refractivity contribution in [3.63, 3.8) is 0 Å². The zero-order chi connectivity index (χ0) is 19.3. The number of aromatic nitrogens is 4. The Morgan fingerprint density at radius 3 is 2.79 bits per heavy atom. The highest BCUT2D eigenvalue weighted by molar-refractivity contribution is 7.13. The molecule has 4 aromatic heterocycles. The lowest BCUT2D eigenvalue weighted by Gasteiger charge is -2.08. The molecule has 28 heavy (non-hydrogen) atoms. The summed E-state index contributed by atoms with van der Waals surface area (Å²) in [5.41, 5.74) is 3.50. The minimum Gasteiger partial charge on any atom is -0.449 e. The Kier molecular flexibility index (Phi) is 5.29. The molecule has 0 radical (unpaired) electrons. The zero-order valence-electron chi connectivity index (χ0n) is 15.3. The van der Waals surface area contributed by atoms with Gasteiger partial charge in [0.05, 0.1) is 11.4 Å². The van der Waals surface area contributed by atoms with Crippen molar-refractivity contribution in [3.05, 3.63) is 83.0 Å². The number of pyridine rings is 1. The van der Waals surface area contributed by atoms with E-state index in [9.17, 15) is 4.79 Å². The number of oxazole rings is 1. The number of carbonyl (C=O) groups excluding carboxylic acids is 1. The second kappa shape index (κ2) is 8.18. The van der Waals surface area contributed by atoms with Crippen LogP contribution in [-0.2, 0) is 19.4 Å². The van der Waals surface area contributed by atoms with E-state index in [1.54, 1.807) is 24.7 Å². The van der Waals surface area contributed by atoms with Crippen LogP contribution in [0.1, 0.15) is 33.3 Å². The van der Waals surface area contributed by atoms with Crippen molar-refractivity contribution in [1.29, 1.82) is 0 Å². The first-order valence-corrected chi connectivity index (χ1v) is 9.76. The fourth-order valence-corrected chi connectivity index (χ4v) is 3.60. The van der Waals surface area contributed by atoms with Crippen LogP contribution in [-0.4, -0.2) is 25.4 Å². The van der Waals surface area contributed by atoms with Crippen LogP contribution in [0.15, 0.2) is 58.9 Å². The van der Waals surface area contributed by atoms with Crippen molar-refractivity contribution in [3.8, 4) is 0 Å². The van der Waals surface area contributed by atoms with Gasteiger partial charge in [0.1, 0.15) is 12.0 Å². The van der Waals surface area contributed by atoms with Crippen molar-refractivity contribution in [2.75, 3.05) is 5.32 Å². The van der Waals surface area contributed by atoms with E-state index in [1.807, 2.05) is 41.3 Å². The third kappa shape index (κ3) is 4.34. The van der Waals surface area contributed by atoms with Gasteiger partial charge in [0, 0.05) is 37.4 Å². The first-order chi connectivity index (χ1) is 13.7. The van der Waals surface area contributed by atoms with Gasteiger partial charge in [0.25, 0.3) is 5.91 Å². The molecular weight excluding hydrogens is 374 g/mol. The molecule has 0 saturated heterocycles. The molecule has 0 unspecified atom stereocenters. The molecule has 0 atom stereocenters. The highest BCUT2D eigenvalue weighted by Crippen LogP contribution is 2.18. The maximum absolute atomic E-state index is 12.7. The third-order valence-corrected chi connectivity index (χ3v) is 5.05. The molecule has 4 heterocycles. The zero-order valence-corrected chi connectivity index (χ0v) is 16.1. The summed E-state index contributed by atoms with van der Waals surface area (Å²) in [5.74, 6) is 0.489. The summed E-state index contributed by atoms with van der Waals surface area (Å²) in [6.07, 6.45) is 8.55. The van der Waals surface area contributed by atoms with Crippen molar-refractivity contribution in [1.82, 2.24) is 19.5 Å². The predicted molar refractivity (Wildman–Crippen MR) is 106 cm³/mol. The van der Waals surface area contributed by atoms with E-state index >= 15 is 0 Å². The molecule has 1 N–H and O–H groups in total. The summed E-state index contributed by atoms with van der Waals surface area (Å²) in [6.45, 7) is 2.43. The number of rotatable bonds is 7. The van der Waals surface area contributed by atoms with Crippen LogP contribution >= 0.6 is 11.3 Å². The minimum absolute atomic E-state index is 0.174. The number of hydrogen-bond donors (Lipinski definition) is 1. The van der Waals surface area contributed by atoms with E-state index < -0.39 is 0 Å². The Morgan fingerprint density at radius 2 is 2.00 bits per heavy atom. The van der Waals surface area contributed by atoms with Crippen LogP contribution in [0.4, 0.5) is 5.13 Å². The Balaban J connectivity index is 1.38. The first kappa shape index (κ1) is 18.1. The van der Waals surface area contributed by atoms with Crippen molar-refractivity contribution < 1.29 is 9.21 Å². The molecule has 0 spiro atoms. The summed E-state index contributed by atoms with van der Waals surface area (Å²) < 4.78 is 7.12. The van der Waals surface area contributed by atoms with E-state index in [4.69, 9.17) is 4.42 Å². The second-order valence-corrected chi connectivity index (χ2v) is 7.19.